The standard InChI is InChI=1S/C12H19NO2/c1-3-15-12-7-5-4-6-11(12)10-13-8-9-14-2/h4-7,13H,3,8-10H2,1-2H3/p+1. The predicted octanol–water partition coefficient (Wildman–Crippen LogP) is 0.795. The second kappa shape index (κ2) is 7.26. The van der Waals surface area contributed by atoms with Gasteiger partial charge in [-0.25, -0.2) is 0 Å². The average molecular weight is 210 g/mol. The zero-order valence-corrected chi connectivity index (χ0v) is 9.53. The molecule has 0 bridgehead atoms. The fraction of sp³-hybridized carbons (Fsp3) is 0.500. The molecule has 0 fully saturated rings. The summed E-state index contributed by atoms with van der Waals surface area (Å²) in [5.74, 6) is 0.994. The van der Waals surface area contributed by atoms with E-state index in [4.69, 9.17) is 9.47 Å². The van der Waals surface area contributed by atoms with Gasteiger partial charge in [0.1, 0.15) is 12.3 Å². The Morgan fingerprint density at radius 3 is 2.80 bits per heavy atom. The molecule has 0 aliphatic carbocycles. The van der Waals surface area contributed by atoms with E-state index in [-0.39, 0.29) is 0 Å². The molecule has 0 heterocycles. The molecule has 0 aliphatic heterocycles. The van der Waals surface area contributed by atoms with Crippen LogP contribution in [-0.4, -0.2) is 26.9 Å². The number of quaternary nitrogens is 1. The van der Waals surface area contributed by atoms with Crippen LogP contribution in [0.15, 0.2) is 24.3 Å². The topological polar surface area (TPSA) is 35.1 Å². The van der Waals surface area contributed by atoms with Gasteiger partial charge in [0.25, 0.3) is 0 Å². The molecule has 0 atom stereocenters. The van der Waals surface area contributed by atoms with Crippen molar-refractivity contribution in [3.63, 3.8) is 0 Å². The lowest BCUT2D eigenvalue weighted by Gasteiger charge is -2.08. The van der Waals surface area contributed by atoms with Gasteiger partial charge in [-0.2, -0.15) is 0 Å². The maximum Gasteiger partial charge on any atom is 0.128 e. The SMILES string of the molecule is CCOc1ccccc1C[NH2+]CCOC. The van der Waals surface area contributed by atoms with E-state index in [1.54, 1.807) is 7.11 Å². The van der Waals surface area contributed by atoms with Crippen molar-refractivity contribution < 1.29 is 14.8 Å². The number of hydrogen-bond acceptors (Lipinski definition) is 2. The van der Waals surface area contributed by atoms with E-state index < -0.39 is 0 Å². The number of para-hydroxylation sites is 1. The fourth-order valence-corrected chi connectivity index (χ4v) is 1.43. The van der Waals surface area contributed by atoms with Crippen LogP contribution in [-0.2, 0) is 11.3 Å². The molecule has 0 aromatic heterocycles. The Labute approximate surface area is 91.4 Å². The Balaban J connectivity index is 2.44. The summed E-state index contributed by atoms with van der Waals surface area (Å²) in [6.45, 7) is 5.44. The zero-order valence-electron chi connectivity index (χ0n) is 9.53. The molecule has 0 saturated carbocycles. The van der Waals surface area contributed by atoms with Crippen LogP contribution in [0.3, 0.4) is 0 Å². The highest BCUT2D eigenvalue weighted by Crippen LogP contribution is 2.16. The molecular weight excluding hydrogens is 190 g/mol. The van der Waals surface area contributed by atoms with Crippen molar-refractivity contribution in [3.05, 3.63) is 29.8 Å². The van der Waals surface area contributed by atoms with Crippen molar-refractivity contribution in [3.8, 4) is 5.75 Å². The predicted molar refractivity (Wildman–Crippen MR) is 60.0 cm³/mol. The molecule has 15 heavy (non-hydrogen) atoms. The highest BCUT2D eigenvalue weighted by atomic mass is 16.5. The zero-order chi connectivity index (χ0) is 10.9. The van der Waals surface area contributed by atoms with Gasteiger partial charge in [0.2, 0.25) is 0 Å². The number of benzene rings is 1. The van der Waals surface area contributed by atoms with Crippen LogP contribution in [0.1, 0.15) is 12.5 Å². The maximum atomic E-state index is 5.54. The van der Waals surface area contributed by atoms with Crippen LogP contribution in [0.2, 0.25) is 0 Å². The first-order valence-corrected chi connectivity index (χ1v) is 5.39. The Morgan fingerprint density at radius 2 is 2.07 bits per heavy atom. The van der Waals surface area contributed by atoms with Crippen molar-refractivity contribution in [2.24, 2.45) is 0 Å². The fourth-order valence-electron chi connectivity index (χ4n) is 1.43. The number of methoxy groups -OCH3 is 1. The number of hydrogen-bond donors (Lipinski definition) is 1. The van der Waals surface area contributed by atoms with Crippen molar-refractivity contribution >= 4 is 0 Å². The smallest absolute Gasteiger partial charge is 0.128 e. The van der Waals surface area contributed by atoms with E-state index in [1.165, 1.54) is 5.56 Å². The average Bonchev–Trinajstić information content (AvgIpc) is 2.27. The molecule has 0 amide bonds. The van der Waals surface area contributed by atoms with Crippen LogP contribution in [0.5, 0.6) is 5.75 Å². The van der Waals surface area contributed by atoms with E-state index in [1.807, 2.05) is 25.1 Å². The Morgan fingerprint density at radius 1 is 1.27 bits per heavy atom. The van der Waals surface area contributed by atoms with E-state index in [0.29, 0.717) is 0 Å². The summed E-state index contributed by atoms with van der Waals surface area (Å²) < 4.78 is 10.5. The van der Waals surface area contributed by atoms with Crippen molar-refractivity contribution in [1.29, 1.82) is 0 Å². The minimum atomic E-state index is 0.717. The second-order valence-corrected chi connectivity index (χ2v) is 3.32. The van der Waals surface area contributed by atoms with Gasteiger partial charge >= 0.3 is 0 Å². The molecule has 1 aromatic rings. The first-order valence-electron chi connectivity index (χ1n) is 5.39. The van der Waals surface area contributed by atoms with Gasteiger partial charge in [0.15, 0.2) is 0 Å². The Hall–Kier alpha value is -1.06. The van der Waals surface area contributed by atoms with Crippen molar-refractivity contribution in [2.75, 3.05) is 26.9 Å². The molecule has 0 spiro atoms. The van der Waals surface area contributed by atoms with Crippen LogP contribution in [0.25, 0.3) is 0 Å². The molecule has 1 rings (SSSR count). The molecular formula is C12H20NO2+. The van der Waals surface area contributed by atoms with Crippen LogP contribution < -0.4 is 10.1 Å². The highest BCUT2D eigenvalue weighted by molar-refractivity contribution is 5.32. The summed E-state index contributed by atoms with van der Waals surface area (Å²) in [7, 11) is 1.72. The quantitative estimate of drug-likeness (QED) is 0.675. The third-order valence-electron chi connectivity index (χ3n) is 2.16. The summed E-state index contributed by atoms with van der Waals surface area (Å²) in [6.07, 6.45) is 0. The van der Waals surface area contributed by atoms with Gasteiger partial charge in [0.05, 0.1) is 19.8 Å². The van der Waals surface area contributed by atoms with Gasteiger partial charge in [-0.1, -0.05) is 12.1 Å². The number of ether oxygens (including phenoxy) is 2. The van der Waals surface area contributed by atoms with Crippen molar-refractivity contribution in [2.45, 2.75) is 13.5 Å². The molecule has 84 valence electrons. The van der Waals surface area contributed by atoms with Gasteiger partial charge in [-0.15, -0.1) is 0 Å². The van der Waals surface area contributed by atoms with E-state index in [9.17, 15) is 0 Å². The second-order valence-electron chi connectivity index (χ2n) is 3.32. The van der Waals surface area contributed by atoms with Crippen LogP contribution in [0, 0.1) is 0 Å². The lowest BCUT2D eigenvalue weighted by atomic mass is 10.2. The molecule has 0 unspecified atom stereocenters. The summed E-state index contributed by atoms with van der Waals surface area (Å²) in [4.78, 5) is 0. The normalized spacial score (nSPS) is 10.3. The van der Waals surface area contributed by atoms with E-state index in [2.05, 4.69) is 11.4 Å². The summed E-state index contributed by atoms with van der Waals surface area (Å²) in [5.41, 5.74) is 1.25. The van der Waals surface area contributed by atoms with E-state index in [0.717, 1.165) is 32.1 Å². The van der Waals surface area contributed by atoms with Gasteiger partial charge in [0, 0.05) is 12.7 Å². The minimum absolute atomic E-state index is 0.717. The molecule has 3 nitrogen and oxygen atoms in total. The number of nitrogens with two attached hydrogens (primary N) is 1. The molecule has 0 saturated heterocycles. The Bertz CT molecular complexity index is 276. The van der Waals surface area contributed by atoms with Gasteiger partial charge in [-0.05, 0) is 19.1 Å². The lowest BCUT2D eigenvalue weighted by molar-refractivity contribution is -0.671. The molecule has 2 N–H and O–H groups in total. The molecule has 0 radical (unpaired) electrons. The van der Waals surface area contributed by atoms with Crippen LogP contribution in [0.4, 0.5) is 0 Å². The minimum Gasteiger partial charge on any atom is -0.493 e. The van der Waals surface area contributed by atoms with Gasteiger partial charge < -0.3 is 14.8 Å². The monoisotopic (exact) mass is 210 g/mol. The third-order valence-corrected chi connectivity index (χ3v) is 2.16. The molecule has 0 aliphatic rings. The summed E-state index contributed by atoms with van der Waals surface area (Å²) in [6, 6.07) is 8.17. The third kappa shape index (κ3) is 4.32. The first-order chi connectivity index (χ1) is 7.38. The van der Waals surface area contributed by atoms with E-state index >= 15 is 0 Å². The maximum absolute atomic E-state index is 5.54. The Kier molecular flexibility index (Phi) is 5.81. The lowest BCUT2D eigenvalue weighted by Crippen LogP contribution is -2.83. The highest BCUT2D eigenvalue weighted by Gasteiger charge is 2.03. The summed E-state index contributed by atoms with van der Waals surface area (Å²) >= 11 is 0. The molecule has 1 aromatic carbocycles. The largest absolute Gasteiger partial charge is 0.493 e. The number of rotatable bonds is 7. The van der Waals surface area contributed by atoms with Gasteiger partial charge in [-0.3, -0.25) is 0 Å². The van der Waals surface area contributed by atoms with Crippen molar-refractivity contribution in [1.82, 2.24) is 0 Å². The first kappa shape index (κ1) is 12.0. The summed E-state index contributed by atoms with van der Waals surface area (Å²) in [5, 5.41) is 2.22. The molecule has 3 heteroatoms. The van der Waals surface area contributed by atoms with Crippen LogP contribution >= 0.6 is 0 Å².